The van der Waals surface area contributed by atoms with Crippen molar-refractivity contribution in [1.29, 1.82) is 0 Å². The Bertz CT molecular complexity index is 489. The molecule has 0 saturated heterocycles. The summed E-state index contributed by atoms with van der Waals surface area (Å²) in [5.74, 6) is 0.875. The lowest BCUT2D eigenvalue weighted by Gasteiger charge is -2.07. The van der Waals surface area contributed by atoms with Gasteiger partial charge in [0.05, 0.1) is 0 Å². The molecular formula is C15H17BO2. The van der Waals surface area contributed by atoms with Crippen LogP contribution in [0.1, 0.15) is 11.1 Å². The van der Waals surface area contributed by atoms with Crippen LogP contribution in [0, 0.1) is 6.92 Å². The van der Waals surface area contributed by atoms with Crippen molar-refractivity contribution in [1.82, 2.24) is 0 Å². The van der Waals surface area contributed by atoms with Gasteiger partial charge in [0, 0.05) is 0 Å². The highest BCUT2D eigenvalue weighted by atomic mass is 16.5. The summed E-state index contributed by atoms with van der Waals surface area (Å²) in [4.78, 5) is 0. The summed E-state index contributed by atoms with van der Waals surface area (Å²) in [6, 6.07) is 15.8. The van der Waals surface area contributed by atoms with Gasteiger partial charge in [0.2, 0.25) is 0 Å². The van der Waals surface area contributed by atoms with E-state index in [0.29, 0.717) is 6.61 Å². The number of hydrogen-bond donors (Lipinski definition) is 1. The number of hydrogen-bond acceptors (Lipinski definition) is 2. The van der Waals surface area contributed by atoms with Crippen molar-refractivity contribution in [3.8, 4) is 5.75 Å². The molecule has 92 valence electrons. The monoisotopic (exact) mass is 240 g/mol. The molecule has 0 spiro atoms. The molecule has 0 radical (unpaired) electrons. The lowest BCUT2D eigenvalue weighted by molar-refractivity contribution is 0.306. The van der Waals surface area contributed by atoms with Crippen LogP contribution in [-0.2, 0) is 6.61 Å². The van der Waals surface area contributed by atoms with Crippen LogP contribution < -0.4 is 10.2 Å². The van der Waals surface area contributed by atoms with Gasteiger partial charge in [-0.05, 0) is 30.1 Å². The van der Waals surface area contributed by atoms with E-state index in [4.69, 9.17) is 4.74 Å². The maximum absolute atomic E-state index is 9.42. The van der Waals surface area contributed by atoms with Gasteiger partial charge in [-0.3, -0.25) is 0 Å². The predicted molar refractivity (Wildman–Crippen MR) is 75.4 cm³/mol. The molecule has 0 fully saturated rings. The predicted octanol–water partition coefficient (Wildman–Crippen LogP) is 2.39. The summed E-state index contributed by atoms with van der Waals surface area (Å²) in [6.07, 6.45) is 0. The minimum atomic E-state index is -0.419. The highest BCUT2D eigenvalue weighted by molar-refractivity contribution is 6.64. The Kier molecular flexibility index (Phi) is 4.05. The number of ether oxygens (including phenoxy) is 1. The van der Waals surface area contributed by atoms with Gasteiger partial charge in [-0.25, -0.2) is 0 Å². The summed E-state index contributed by atoms with van der Waals surface area (Å²) < 4.78 is 5.68. The maximum atomic E-state index is 9.42. The third-order valence-corrected chi connectivity index (χ3v) is 2.89. The zero-order valence-electron chi connectivity index (χ0n) is 10.8. The molecule has 0 unspecified atom stereocenters. The third kappa shape index (κ3) is 3.38. The molecule has 0 aliphatic carbocycles. The molecule has 1 N–H and O–H groups in total. The van der Waals surface area contributed by atoms with Crippen molar-refractivity contribution in [3.05, 3.63) is 59.7 Å². The second kappa shape index (κ2) is 5.74. The van der Waals surface area contributed by atoms with Crippen molar-refractivity contribution in [2.45, 2.75) is 20.4 Å². The van der Waals surface area contributed by atoms with Gasteiger partial charge in [-0.2, -0.15) is 0 Å². The quantitative estimate of drug-likeness (QED) is 0.831. The standard InChI is InChI=1S/C15H17BO2/c1-12-3-9-15(10-4-12)18-11-13-5-7-14(8-6-13)16(2)17/h3-10,17H,11H2,1-2H3. The van der Waals surface area contributed by atoms with Crippen molar-refractivity contribution in [2.24, 2.45) is 0 Å². The molecule has 0 aliphatic heterocycles. The molecule has 0 bridgehead atoms. The first-order valence-electron chi connectivity index (χ1n) is 6.11. The fourth-order valence-corrected chi connectivity index (χ4v) is 1.69. The van der Waals surface area contributed by atoms with E-state index < -0.39 is 6.92 Å². The average molecular weight is 240 g/mol. The molecule has 0 aromatic heterocycles. The Labute approximate surface area is 108 Å². The second-order valence-corrected chi connectivity index (χ2v) is 4.52. The van der Waals surface area contributed by atoms with Crippen LogP contribution in [0.4, 0.5) is 0 Å². The first-order chi connectivity index (χ1) is 8.65. The number of rotatable bonds is 4. The molecule has 3 heteroatoms. The summed E-state index contributed by atoms with van der Waals surface area (Å²) in [5.41, 5.74) is 3.25. The van der Waals surface area contributed by atoms with E-state index in [1.54, 1.807) is 6.82 Å². The second-order valence-electron chi connectivity index (χ2n) is 4.52. The third-order valence-electron chi connectivity index (χ3n) is 2.89. The van der Waals surface area contributed by atoms with Crippen molar-refractivity contribution in [2.75, 3.05) is 0 Å². The van der Waals surface area contributed by atoms with E-state index in [0.717, 1.165) is 16.8 Å². The SMILES string of the molecule is CB(O)c1ccc(COc2ccc(C)cc2)cc1. The van der Waals surface area contributed by atoms with Crippen LogP contribution >= 0.6 is 0 Å². The molecule has 2 nitrogen and oxygen atoms in total. The van der Waals surface area contributed by atoms with Gasteiger partial charge < -0.3 is 9.76 Å². The van der Waals surface area contributed by atoms with Crippen molar-refractivity contribution in [3.63, 3.8) is 0 Å². The molecule has 0 heterocycles. The van der Waals surface area contributed by atoms with E-state index in [-0.39, 0.29) is 0 Å². The van der Waals surface area contributed by atoms with Crippen LogP contribution in [0.3, 0.4) is 0 Å². The Hall–Kier alpha value is -1.74. The molecule has 2 rings (SSSR count). The summed E-state index contributed by atoms with van der Waals surface area (Å²) in [5, 5.41) is 9.42. The summed E-state index contributed by atoms with van der Waals surface area (Å²) in [6.45, 7) is 3.94. The first kappa shape index (κ1) is 12.7. The molecule has 0 atom stereocenters. The van der Waals surface area contributed by atoms with Crippen LogP contribution in [0.2, 0.25) is 6.82 Å². The van der Waals surface area contributed by atoms with Gasteiger partial charge in [0.15, 0.2) is 0 Å². The maximum Gasteiger partial charge on any atom is 0.320 e. The first-order valence-corrected chi connectivity index (χ1v) is 6.11. The Morgan fingerprint density at radius 3 is 2.17 bits per heavy atom. The van der Waals surface area contributed by atoms with E-state index in [2.05, 4.69) is 6.92 Å². The van der Waals surface area contributed by atoms with Gasteiger partial charge in [-0.15, -0.1) is 0 Å². The minimum absolute atomic E-state index is 0.419. The summed E-state index contributed by atoms with van der Waals surface area (Å²) >= 11 is 0. The van der Waals surface area contributed by atoms with Crippen LogP contribution in [0.5, 0.6) is 5.75 Å². The Morgan fingerprint density at radius 1 is 1.00 bits per heavy atom. The molecule has 0 amide bonds. The highest BCUT2D eigenvalue weighted by Gasteiger charge is 2.05. The van der Waals surface area contributed by atoms with Crippen molar-refractivity contribution < 1.29 is 9.76 Å². The molecule has 0 saturated carbocycles. The Morgan fingerprint density at radius 2 is 1.61 bits per heavy atom. The molecule has 0 aliphatic rings. The van der Waals surface area contributed by atoms with Crippen LogP contribution in [-0.4, -0.2) is 11.9 Å². The summed E-state index contributed by atoms with van der Waals surface area (Å²) in [7, 11) is 0. The molecular weight excluding hydrogens is 223 g/mol. The average Bonchev–Trinajstić information content (AvgIpc) is 2.38. The largest absolute Gasteiger partial charge is 0.489 e. The highest BCUT2D eigenvalue weighted by Crippen LogP contribution is 2.13. The van der Waals surface area contributed by atoms with Gasteiger partial charge in [0.25, 0.3) is 0 Å². The zero-order chi connectivity index (χ0) is 13.0. The lowest BCUT2D eigenvalue weighted by Crippen LogP contribution is -2.25. The van der Waals surface area contributed by atoms with E-state index in [9.17, 15) is 5.02 Å². The van der Waals surface area contributed by atoms with Gasteiger partial charge >= 0.3 is 6.92 Å². The molecule has 18 heavy (non-hydrogen) atoms. The lowest BCUT2D eigenvalue weighted by atomic mass is 9.64. The van der Waals surface area contributed by atoms with Crippen LogP contribution in [0.25, 0.3) is 0 Å². The fraction of sp³-hybridized carbons (Fsp3) is 0.200. The van der Waals surface area contributed by atoms with Crippen molar-refractivity contribution >= 4 is 12.4 Å². The zero-order valence-corrected chi connectivity index (χ0v) is 10.8. The molecule has 2 aromatic rings. The smallest absolute Gasteiger partial charge is 0.320 e. The Balaban J connectivity index is 1.95. The fourth-order valence-electron chi connectivity index (χ4n) is 1.69. The van der Waals surface area contributed by atoms with E-state index in [1.165, 1.54) is 5.56 Å². The number of benzene rings is 2. The van der Waals surface area contributed by atoms with Gasteiger partial charge in [-0.1, -0.05) is 48.8 Å². The van der Waals surface area contributed by atoms with E-state index in [1.807, 2.05) is 48.5 Å². The van der Waals surface area contributed by atoms with Crippen LogP contribution in [0.15, 0.2) is 48.5 Å². The topological polar surface area (TPSA) is 29.5 Å². The molecule has 2 aromatic carbocycles. The van der Waals surface area contributed by atoms with Gasteiger partial charge in [0.1, 0.15) is 12.4 Å². The minimum Gasteiger partial charge on any atom is -0.489 e. The van der Waals surface area contributed by atoms with E-state index >= 15 is 0 Å². The number of aryl methyl sites for hydroxylation is 1. The normalized spacial score (nSPS) is 10.2.